The summed E-state index contributed by atoms with van der Waals surface area (Å²) in [7, 11) is 0. The normalized spacial score (nSPS) is 26.4. The van der Waals surface area contributed by atoms with Crippen molar-refractivity contribution in [3.63, 3.8) is 0 Å². The zero-order valence-corrected chi connectivity index (χ0v) is 13.3. The van der Waals surface area contributed by atoms with Crippen LogP contribution >= 0.6 is 11.3 Å². The van der Waals surface area contributed by atoms with E-state index < -0.39 is 17.9 Å². The lowest BCUT2D eigenvalue weighted by Crippen LogP contribution is -2.32. The number of aromatic nitrogens is 1. The van der Waals surface area contributed by atoms with Crippen molar-refractivity contribution < 1.29 is 14.7 Å². The van der Waals surface area contributed by atoms with Crippen LogP contribution in [0.15, 0.2) is 5.38 Å². The summed E-state index contributed by atoms with van der Waals surface area (Å²) in [6, 6.07) is -0.179. The number of amides is 1. The summed E-state index contributed by atoms with van der Waals surface area (Å²) in [6.45, 7) is 6.26. The first-order valence-corrected chi connectivity index (χ1v) is 8.17. The van der Waals surface area contributed by atoms with Crippen molar-refractivity contribution in [1.29, 1.82) is 0 Å². The molecule has 2 fully saturated rings. The van der Waals surface area contributed by atoms with Gasteiger partial charge in [0, 0.05) is 23.3 Å². The predicted molar refractivity (Wildman–Crippen MR) is 79.2 cm³/mol. The highest BCUT2D eigenvalue weighted by Gasteiger charge is 2.50. The summed E-state index contributed by atoms with van der Waals surface area (Å²) in [6.07, 6.45) is 2.05. The van der Waals surface area contributed by atoms with Crippen molar-refractivity contribution >= 4 is 23.2 Å². The molecule has 0 aromatic carbocycles. The smallest absolute Gasteiger partial charge is 0.309 e. The SMILES string of the molecule is CC(C)(C)c1nc(C2C(C(=O)O)CC(=O)N2C2CC2)cs1. The minimum atomic E-state index is -0.901. The van der Waals surface area contributed by atoms with Crippen molar-refractivity contribution in [3.8, 4) is 0 Å². The molecule has 1 aliphatic carbocycles. The van der Waals surface area contributed by atoms with E-state index in [0.29, 0.717) is 0 Å². The Morgan fingerprint density at radius 2 is 2.10 bits per heavy atom. The van der Waals surface area contributed by atoms with Gasteiger partial charge in [-0.05, 0) is 12.8 Å². The maximum atomic E-state index is 12.2. The largest absolute Gasteiger partial charge is 0.481 e. The quantitative estimate of drug-likeness (QED) is 0.931. The molecule has 6 heteroatoms. The molecule has 1 aliphatic heterocycles. The number of carboxylic acid groups (broad SMARTS) is 1. The molecule has 0 bridgehead atoms. The molecule has 2 unspecified atom stereocenters. The molecule has 1 aromatic heterocycles. The molecule has 2 atom stereocenters. The van der Waals surface area contributed by atoms with Gasteiger partial charge in [-0.15, -0.1) is 11.3 Å². The Hall–Kier alpha value is -1.43. The molecule has 114 valence electrons. The third-order valence-corrected chi connectivity index (χ3v) is 5.37. The van der Waals surface area contributed by atoms with Gasteiger partial charge in [0.2, 0.25) is 5.91 Å². The topological polar surface area (TPSA) is 70.5 Å². The number of carboxylic acids is 1. The van der Waals surface area contributed by atoms with E-state index in [9.17, 15) is 14.7 Å². The third-order valence-electron chi connectivity index (χ3n) is 4.09. The van der Waals surface area contributed by atoms with Gasteiger partial charge in [0.05, 0.1) is 22.7 Å². The minimum Gasteiger partial charge on any atom is -0.481 e. The lowest BCUT2D eigenvalue weighted by atomic mass is 9.96. The summed E-state index contributed by atoms with van der Waals surface area (Å²) in [5.74, 6) is -1.62. The lowest BCUT2D eigenvalue weighted by Gasteiger charge is -2.25. The number of hydrogen-bond acceptors (Lipinski definition) is 4. The fraction of sp³-hybridized carbons (Fsp3) is 0.667. The van der Waals surface area contributed by atoms with Crippen LogP contribution in [0.4, 0.5) is 0 Å². The standard InChI is InChI=1S/C15H20N2O3S/c1-15(2,3)14-16-10(7-21-14)12-9(13(19)20)6-11(18)17(12)8-4-5-8/h7-9,12H,4-6H2,1-3H3,(H,19,20). The van der Waals surface area contributed by atoms with Crippen LogP contribution in [-0.2, 0) is 15.0 Å². The first-order valence-electron chi connectivity index (χ1n) is 7.29. The van der Waals surface area contributed by atoms with Crippen molar-refractivity contribution in [1.82, 2.24) is 9.88 Å². The van der Waals surface area contributed by atoms with E-state index in [-0.39, 0.29) is 23.8 Å². The Bertz CT molecular complexity index is 586. The summed E-state index contributed by atoms with van der Waals surface area (Å²) in [5, 5.41) is 12.4. The molecule has 0 radical (unpaired) electrons. The van der Waals surface area contributed by atoms with E-state index in [0.717, 1.165) is 23.5 Å². The second-order valence-electron chi connectivity index (χ2n) is 6.95. The van der Waals surface area contributed by atoms with E-state index in [1.165, 1.54) is 0 Å². The molecule has 21 heavy (non-hydrogen) atoms. The molecule has 2 heterocycles. The van der Waals surface area contributed by atoms with Gasteiger partial charge in [0.15, 0.2) is 0 Å². The zero-order valence-electron chi connectivity index (χ0n) is 12.5. The lowest BCUT2D eigenvalue weighted by molar-refractivity contribution is -0.142. The number of thiazole rings is 1. The molecular formula is C15H20N2O3S. The molecule has 1 N–H and O–H groups in total. The van der Waals surface area contributed by atoms with E-state index in [4.69, 9.17) is 0 Å². The van der Waals surface area contributed by atoms with Crippen LogP contribution in [0.3, 0.4) is 0 Å². The Kier molecular flexibility index (Phi) is 3.31. The maximum Gasteiger partial charge on any atom is 0.309 e. The second-order valence-corrected chi connectivity index (χ2v) is 7.81. The van der Waals surface area contributed by atoms with Gasteiger partial charge >= 0.3 is 5.97 Å². The van der Waals surface area contributed by atoms with Gasteiger partial charge in [0.1, 0.15) is 0 Å². The summed E-state index contributed by atoms with van der Waals surface area (Å²) >= 11 is 1.55. The number of carbonyl (C=O) groups is 2. The minimum absolute atomic E-state index is 0.0415. The van der Waals surface area contributed by atoms with Gasteiger partial charge in [-0.3, -0.25) is 9.59 Å². The van der Waals surface area contributed by atoms with E-state index >= 15 is 0 Å². The molecule has 1 aromatic rings. The first kappa shape index (κ1) is 14.5. The fourth-order valence-electron chi connectivity index (χ4n) is 2.88. The van der Waals surface area contributed by atoms with Crippen molar-refractivity contribution in [3.05, 3.63) is 16.1 Å². The van der Waals surface area contributed by atoms with E-state index in [2.05, 4.69) is 25.8 Å². The molecule has 1 saturated carbocycles. The van der Waals surface area contributed by atoms with Gasteiger partial charge in [-0.2, -0.15) is 0 Å². The van der Waals surface area contributed by atoms with Crippen LogP contribution in [0.2, 0.25) is 0 Å². The van der Waals surface area contributed by atoms with Crippen molar-refractivity contribution in [2.75, 3.05) is 0 Å². The molecule has 2 aliphatic rings. The number of hydrogen-bond donors (Lipinski definition) is 1. The first-order chi connectivity index (χ1) is 9.79. The fourth-order valence-corrected chi connectivity index (χ4v) is 3.81. The molecule has 1 saturated heterocycles. The van der Waals surface area contributed by atoms with Gasteiger partial charge < -0.3 is 10.0 Å². The van der Waals surface area contributed by atoms with Gasteiger partial charge in [0.25, 0.3) is 0 Å². The zero-order chi connectivity index (χ0) is 15.4. The number of rotatable bonds is 3. The van der Waals surface area contributed by atoms with Crippen molar-refractivity contribution in [2.45, 2.75) is 57.5 Å². The average Bonchev–Trinajstić information content (AvgIpc) is 2.96. The summed E-state index contributed by atoms with van der Waals surface area (Å²) in [4.78, 5) is 30.1. The van der Waals surface area contributed by atoms with Crippen LogP contribution < -0.4 is 0 Å². The Morgan fingerprint density at radius 3 is 2.57 bits per heavy atom. The van der Waals surface area contributed by atoms with Crippen LogP contribution in [-0.4, -0.2) is 32.9 Å². The Morgan fingerprint density at radius 1 is 1.43 bits per heavy atom. The van der Waals surface area contributed by atoms with Crippen LogP contribution in [0.1, 0.15) is 56.8 Å². The monoisotopic (exact) mass is 308 g/mol. The van der Waals surface area contributed by atoms with E-state index in [1.807, 2.05) is 5.38 Å². The number of likely N-dealkylation sites (tertiary alicyclic amines) is 1. The van der Waals surface area contributed by atoms with E-state index in [1.54, 1.807) is 16.2 Å². The highest BCUT2D eigenvalue weighted by molar-refractivity contribution is 7.09. The average molecular weight is 308 g/mol. The molecule has 3 rings (SSSR count). The van der Waals surface area contributed by atoms with Gasteiger partial charge in [-0.1, -0.05) is 20.8 Å². The second kappa shape index (κ2) is 4.80. The summed E-state index contributed by atoms with van der Waals surface area (Å²) in [5.41, 5.74) is 0.685. The summed E-state index contributed by atoms with van der Waals surface area (Å²) < 4.78 is 0. The number of carbonyl (C=O) groups excluding carboxylic acids is 1. The highest BCUT2D eigenvalue weighted by atomic mass is 32.1. The Labute approximate surface area is 128 Å². The van der Waals surface area contributed by atoms with Crippen LogP contribution in [0, 0.1) is 5.92 Å². The molecule has 0 spiro atoms. The Balaban J connectivity index is 1.97. The predicted octanol–water partition coefficient (Wildman–Crippen LogP) is 2.58. The highest BCUT2D eigenvalue weighted by Crippen LogP contribution is 2.45. The number of nitrogens with zero attached hydrogens (tertiary/aromatic N) is 2. The molecular weight excluding hydrogens is 288 g/mol. The molecule has 5 nitrogen and oxygen atoms in total. The van der Waals surface area contributed by atoms with Crippen LogP contribution in [0.5, 0.6) is 0 Å². The maximum absolute atomic E-state index is 12.2. The van der Waals surface area contributed by atoms with Gasteiger partial charge in [-0.25, -0.2) is 4.98 Å². The molecule has 1 amide bonds. The van der Waals surface area contributed by atoms with Crippen LogP contribution in [0.25, 0.3) is 0 Å². The number of aliphatic carboxylic acids is 1. The van der Waals surface area contributed by atoms with Crippen molar-refractivity contribution in [2.24, 2.45) is 5.92 Å². The third kappa shape index (κ3) is 2.57.